The van der Waals surface area contributed by atoms with Crippen molar-refractivity contribution in [2.75, 3.05) is 26.3 Å². The lowest BCUT2D eigenvalue weighted by atomic mass is 10.1. The van der Waals surface area contributed by atoms with Crippen molar-refractivity contribution in [3.05, 3.63) is 30.3 Å². The zero-order valence-electron chi connectivity index (χ0n) is 15.3. The minimum atomic E-state index is -0.859. The molecule has 0 saturated carbocycles. The van der Waals surface area contributed by atoms with Gasteiger partial charge in [-0.05, 0) is 24.5 Å². The van der Waals surface area contributed by atoms with E-state index in [0.717, 1.165) is 6.42 Å². The van der Waals surface area contributed by atoms with Gasteiger partial charge in [0.05, 0.1) is 13.0 Å². The molecule has 26 heavy (non-hydrogen) atoms. The fourth-order valence-electron chi connectivity index (χ4n) is 2.59. The second-order valence-corrected chi connectivity index (χ2v) is 6.60. The second-order valence-electron chi connectivity index (χ2n) is 6.60. The highest BCUT2D eigenvalue weighted by Gasteiger charge is 2.35. The van der Waals surface area contributed by atoms with Gasteiger partial charge in [0.25, 0.3) is 5.91 Å². The lowest BCUT2D eigenvalue weighted by Crippen LogP contribution is -2.58. The van der Waals surface area contributed by atoms with E-state index in [4.69, 9.17) is 9.47 Å². The van der Waals surface area contributed by atoms with Crippen LogP contribution in [0, 0.1) is 5.92 Å². The summed E-state index contributed by atoms with van der Waals surface area (Å²) in [5.41, 5.74) is 0. The molecule has 1 aliphatic rings. The van der Waals surface area contributed by atoms with E-state index >= 15 is 0 Å². The van der Waals surface area contributed by atoms with E-state index in [9.17, 15) is 14.4 Å². The van der Waals surface area contributed by atoms with E-state index in [2.05, 4.69) is 5.32 Å². The number of amides is 2. The Labute approximate surface area is 153 Å². The average molecular weight is 362 g/mol. The smallest absolute Gasteiger partial charge is 0.308 e. The number of carbonyl (C=O) groups is 3. The number of nitrogens with zero attached hydrogens (tertiary/aromatic N) is 1. The molecule has 0 bridgehead atoms. The molecule has 1 aromatic rings. The first-order valence-electron chi connectivity index (χ1n) is 8.88. The highest BCUT2D eigenvalue weighted by Crippen LogP contribution is 2.13. The highest BCUT2D eigenvalue weighted by atomic mass is 16.5. The molecule has 1 aromatic carbocycles. The number of carbonyl (C=O) groups excluding carboxylic acids is 3. The minimum absolute atomic E-state index is 0.152. The maximum Gasteiger partial charge on any atom is 0.308 e. The number of benzene rings is 1. The Bertz CT molecular complexity index is 618. The first-order valence-corrected chi connectivity index (χ1v) is 8.88. The van der Waals surface area contributed by atoms with Gasteiger partial charge in [-0.2, -0.15) is 0 Å². The van der Waals surface area contributed by atoms with Crippen molar-refractivity contribution in [1.82, 2.24) is 10.2 Å². The van der Waals surface area contributed by atoms with E-state index in [-0.39, 0.29) is 24.8 Å². The van der Waals surface area contributed by atoms with Gasteiger partial charge in [0.1, 0.15) is 11.8 Å². The molecule has 1 saturated heterocycles. The van der Waals surface area contributed by atoms with Gasteiger partial charge in [-0.25, -0.2) is 0 Å². The maximum atomic E-state index is 12.5. The quantitative estimate of drug-likeness (QED) is 0.706. The van der Waals surface area contributed by atoms with Crippen molar-refractivity contribution in [3.8, 4) is 5.75 Å². The maximum absolute atomic E-state index is 12.5. The molecule has 7 heteroatoms. The van der Waals surface area contributed by atoms with Gasteiger partial charge < -0.3 is 19.7 Å². The predicted octanol–water partition coefficient (Wildman–Crippen LogP) is 1.37. The number of rotatable bonds is 8. The topological polar surface area (TPSA) is 84.9 Å². The molecule has 1 unspecified atom stereocenters. The van der Waals surface area contributed by atoms with Crippen LogP contribution < -0.4 is 10.1 Å². The Kier molecular flexibility index (Phi) is 7.44. The fraction of sp³-hybridized carbons (Fsp3) is 0.526. The standard InChI is InChI=1S/C19H26N2O5/c1-14(2)8-11-25-18(23)12-16-19(24)20-9-10-21(16)17(22)13-26-15-6-4-3-5-7-15/h3-7,14,16H,8-13H2,1-2H3,(H,20,24). The molecule has 2 amide bonds. The third kappa shape index (κ3) is 6.06. The fourth-order valence-corrected chi connectivity index (χ4v) is 2.59. The molecule has 1 heterocycles. The summed E-state index contributed by atoms with van der Waals surface area (Å²) in [6.45, 7) is 4.90. The lowest BCUT2D eigenvalue weighted by molar-refractivity contribution is -0.152. The van der Waals surface area contributed by atoms with Crippen molar-refractivity contribution in [2.45, 2.75) is 32.7 Å². The number of nitrogens with one attached hydrogen (secondary N) is 1. The first kappa shape index (κ1) is 19.8. The van der Waals surface area contributed by atoms with Crippen LogP contribution in [-0.2, 0) is 19.1 Å². The Hall–Kier alpha value is -2.57. The van der Waals surface area contributed by atoms with Gasteiger partial charge in [-0.1, -0.05) is 32.0 Å². The third-order valence-electron chi connectivity index (χ3n) is 4.07. The molecule has 2 rings (SSSR count). The molecule has 1 atom stereocenters. The summed E-state index contributed by atoms with van der Waals surface area (Å²) in [6, 6.07) is 8.11. The number of para-hydroxylation sites is 1. The van der Waals surface area contributed by atoms with E-state index in [1.54, 1.807) is 12.1 Å². The Balaban J connectivity index is 1.90. The predicted molar refractivity (Wildman–Crippen MR) is 95.5 cm³/mol. The summed E-state index contributed by atoms with van der Waals surface area (Å²) < 4.78 is 10.6. The molecule has 1 aliphatic heterocycles. The van der Waals surface area contributed by atoms with Gasteiger partial charge in [0.15, 0.2) is 6.61 Å². The summed E-state index contributed by atoms with van der Waals surface area (Å²) >= 11 is 0. The lowest BCUT2D eigenvalue weighted by Gasteiger charge is -2.34. The monoisotopic (exact) mass is 362 g/mol. The van der Waals surface area contributed by atoms with Crippen molar-refractivity contribution in [3.63, 3.8) is 0 Å². The van der Waals surface area contributed by atoms with E-state index in [0.29, 0.717) is 31.4 Å². The molecule has 0 radical (unpaired) electrons. The summed E-state index contributed by atoms with van der Waals surface area (Å²) in [5.74, 6) is -0.149. The van der Waals surface area contributed by atoms with Crippen LogP contribution >= 0.6 is 0 Å². The Morgan fingerprint density at radius 3 is 2.69 bits per heavy atom. The van der Waals surface area contributed by atoms with Crippen LogP contribution in [0.4, 0.5) is 0 Å². The third-order valence-corrected chi connectivity index (χ3v) is 4.07. The van der Waals surface area contributed by atoms with Gasteiger partial charge in [-0.3, -0.25) is 14.4 Å². The van der Waals surface area contributed by atoms with Crippen LogP contribution in [-0.4, -0.2) is 55.0 Å². The SMILES string of the molecule is CC(C)CCOC(=O)CC1C(=O)NCCN1C(=O)COc1ccccc1. The summed E-state index contributed by atoms with van der Waals surface area (Å²) in [4.78, 5) is 38.0. The summed E-state index contributed by atoms with van der Waals surface area (Å²) in [6.07, 6.45) is 0.608. The van der Waals surface area contributed by atoms with Crippen molar-refractivity contribution >= 4 is 17.8 Å². The van der Waals surface area contributed by atoms with Crippen LogP contribution in [0.1, 0.15) is 26.7 Å². The van der Waals surface area contributed by atoms with E-state index < -0.39 is 12.0 Å². The van der Waals surface area contributed by atoms with Gasteiger partial charge >= 0.3 is 5.97 Å². The van der Waals surface area contributed by atoms with Gasteiger partial charge in [0, 0.05) is 13.1 Å². The van der Waals surface area contributed by atoms with Gasteiger partial charge in [0.2, 0.25) is 5.91 Å². The molecule has 1 fully saturated rings. The molecule has 142 valence electrons. The zero-order valence-corrected chi connectivity index (χ0v) is 15.3. The second kappa shape index (κ2) is 9.79. The number of ether oxygens (including phenoxy) is 2. The molecule has 1 N–H and O–H groups in total. The van der Waals surface area contributed by atoms with Crippen LogP contribution in [0.15, 0.2) is 30.3 Å². The number of piperazine rings is 1. The van der Waals surface area contributed by atoms with E-state index in [1.807, 2.05) is 32.0 Å². The molecule has 0 aromatic heterocycles. The Morgan fingerprint density at radius 1 is 1.27 bits per heavy atom. The van der Waals surface area contributed by atoms with Crippen LogP contribution in [0.25, 0.3) is 0 Å². The van der Waals surface area contributed by atoms with Crippen LogP contribution in [0.5, 0.6) is 5.75 Å². The minimum Gasteiger partial charge on any atom is -0.484 e. The van der Waals surface area contributed by atoms with E-state index in [1.165, 1.54) is 4.90 Å². The first-order chi connectivity index (χ1) is 12.5. The zero-order chi connectivity index (χ0) is 18.9. The molecule has 7 nitrogen and oxygen atoms in total. The van der Waals surface area contributed by atoms with Crippen LogP contribution in [0.2, 0.25) is 0 Å². The van der Waals surface area contributed by atoms with Gasteiger partial charge in [-0.15, -0.1) is 0 Å². The largest absolute Gasteiger partial charge is 0.484 e. The average Bonchev–Trinajstić information content (AvgIpc) is 2.62. The van der Waals surface area contributed by atoms with Crippen molar-refractivity contribution < 1.29 is 23.9 Å². The van der Waals surface area contributed by atoms with Crippen molar-refractivity contribution in [1.29, 1.82) is 0 Å². The summed E-state index contributed by atoms with van der Waals surface area (Å²) in [7, 11) is 0. The van der Waals surface area contributed by atoms with Crippen molar-refractivity contribution in [2.24, 2.45) is 5.92 Å². The number of esters is 1. The van der Waals surface area contributed by atoms with Crippen LogP contribution in [0.3, 0.4) is 0 Å². The highest BCUT2D eigenvalue weighted by molar-refractivity contribution is 5.92. The number of hydrogen-bond acceptors (Lipinski definition) is 5. The Morgan fingerprint density at radius 2 is 2.00 bits per heavy atom. The normalized spacial score (nSPS) is 17.0. The summed E-state index contributed by atoms with van der Waals surface area (Å²) in [5, 5.41) is 2.69. The molecule has 0 spiro atoms. The molecular formula is C19H26N2O5. The molecular weight excluding hydrogens is 336 g/mol. The molecule has 0 aliphatic carbocycles. The number of hydrogen-bond donors (Lipinski definition) is 1.